The highest BCUT2D eigenvalue weighted by Gasteiger charge is 2.02. The molecule has 0 nitrogen and oxygen atoms in total. The third-order valence-electron chi connectivity index (χ3n) is 2.94. The Hall–Kier alpha value is -1.04. The summed E-state index contributed by atoms with van der Waals surface area (Å²) >= 11 is 13.8. The van der Waals surface area contributed by atoms with Gasteiger partial charge in [-0.25, -0.2) is 0 Å². The Morgan fingerprint density at radius 1 is 0.542 bits per heavy atom. The van der Waals surface area contributed by atoms with Crippen LogP contribution in [-0.2, 0) is 0 Å². The highest BCUT2D eigenvalue weighted by molar-refractivity contribution is 9.28. The average Bonchev–Trinajstić information content (AvgIpc) is 2.59. The summed E-state index contributed by atoms with van der Waals surface area (Å²) in [6.07, 6.45) is 0. The monoisotopic (exact) mass is 566 g/mol. The van der Waals surface area contributed by atoms with Gasteiger partial charge in [-0.3, -0.25) is 0 Å². The fourth-order valence-electron chi connectivity index (χ4n) is 1.85. The quantitative estimate of drug-likeness (QED) is 0.333. The molecule has 0 saturated carbocycles. The molecule has 2 rings (SSSR count). The van der Waals surface area contributed by atoms with Crippen molar-refractivity contribution in [2.45, 2.75) is 0 Å². The summed E-state index contributed by atoms with van der Waals surface area (Å²) in [6.45, 7) is 0. The molecule has 0 heterocycles. The molecular formula is C20H10Br4. The molecule has 0 bridgehead atoms. The zero-order valence-electron chi connectivity index (χ0n) is 12.3. The van der Waals surface area contributed by atoms with Crippen LogP contribution in [0.3, 0.4) is 0 Å². The summed E-state index contributed by atoms with van der Waals surface area (Å²) in [7, 11) is 0. The molecule has 2 aromatic carbocycles. The molecule has 0 aliphatic heterocycles. The maximum Gasteiger partial charge on any atom is 0.0766 e. The van der Waals surface area contributed by atoms with Gasteiger partial charge in [0.2, 0.25) is 0 Å². The lowest BCUT2D eigenvalue weighted by Crippen LogP contribution is -1.82. The number of allylic oxidation sites excluding steroid dienone is 2. The third kappa shape index (κ3) is 5.80. The van der Waals surface area contributed by atoms with Gasteiger partial charge in [0.25, 0.3) is 0 Å². The second-order valence-corrected chi connectivity index (χ2v) is 9.80. The predicted molar refractivity (Wildman–Crippen MR) is 118 cm³/mol. The van der Waals surface area contributed by atoms with Crippen LogP contribution >= 0.6 is 63.7 Å². The van der Waals surface area contributed by atoms with Crippen LogP contribution in [0.15, 0.2) is 67.4 Å². The van der Waals surface area contributed by atoms with E-state index in [2.05, 4.69) is 87.4 Å². The maximum atomic E-state index is 3.44. The maximum absolute atomic E-state index is 3.44. The first-order valence-corrected chi connectivity index (χ1v) is 10.00. The Balaban J connectivity index is 2.31. The number of halogens is 4. The van der Waals surface area contributed by atoms with E-state index in [1.54, 1.807) is 0 Å². The van der Waals surface area contributed by atoms with Gasteiger partial charge >= 0.3 is 0 Å². The van der Waals surface area contributed by atoms with Gasteiger partial charge in [-0.15, -0.1) is 0 Å². The first-order valence-electron chi connectivity index (χ1n) is 6.83. The average molecular weight is 570 g/mol. The molecule has 0 fully saturated rings. The summed E-state index contributed by atoms with van der Waals surface area (Å²) in [4.78, 5) is 0. The van der Waals surface area contributed by atoms with E-state index in [0.29, 0.717) is 0 Å². The van der Waals surface area contributed by atoms with Crippen LogP contribution < -0.4 is 0 Å². The van der Waals surface area contributed by atoms with Crippen molar-refractivity contribution in [3.05, 3.63) is 78.6 Å². The SMILES string of the molecule is BrC(Br)=C(C#CC#CC(=C(Br)Br)c1ccccc1)c1ccccc1. The Morgan fingerprint density at radius 2 is 0.875 bits per heavy atom. The third-order valence-corrected chi connectivity index (χ3v) is 4.53. The predicted octanol–water partition coefficient (Wildman–Crippen LogP) is 7.31. The number of rotatable bonds is 2. The smallest absolute Gasteiger partial charge is 0.0622 e. The largest absolute Gasteiger partial charge is 0.0766 e. The highest BCUT2D eigenvalue weighted by atomic mass is 79.9. The standard InChI is InChI=1S/C20H10Br4/c21-19(22)17(15-9-3-1-4-10-15)13-7-8-14-18(20(23)24)16-11-5-2-6-12-16/h1-6,9-12H. The second kappa shape index (κ2) is 10.1. The van der Waals surface area contributed by atoms with Crippen molar-refractivity contribution in [3.8, 4) is 23.7 Å². The molecule has 0 radical (unpaired) electrons. The van der Waals surface area contributed by atoms with Crippen LogP contribution in [0.1, 0.15) is 11.1 Å². The lowest BCUT2D eigenvalue weighted by molar-refractivity contribution is 1.64. The molecule has 0 aliphatic rings. The minimum Gasteiger partial charge on any atom is -0.0622 e. The van der Waals surface area contributed by atoms with Crippen LogP contribution in [-0.4, -0.2) is 0 Å². The van der Waals surface area contributed by atoms with E-state index >= 15 is 0 Å². The fourth-order valence-corrected chi connectivity index (χ4v) is 3.17. The van der Waals surface area contributed by atoms with Crippen LogP contribution in [0.4, 0.5) is 0 Å². The van der Waals surface area contributed by atoms with E-state index in [0.717, 1.165) is 29.1 Å². The molecule has 0 saturated heterocycles. The minimum atomic E-state index is 0.802. The van der Waals surface area contributed by atoms with Crippen LogP contribution in [0.2, 0.25) is 0 Å². The molecule has 0 aliphatic carbocycles. The summed E-state index contributed by atoms with van der Waals surface area (Å²) in [6, 6.07) is 19.9. The van der Waals surface area contributed by atoms with Gasteiger partial charge in [0, 0.05) is 0 Å². The molecule has 24 heavy (non-hydrogen) atoms. The normalized spacial score (nSPS) is 9.00. The Kier molecular flexibility index (Phi) is 8.09. The van der Waals surface area contributed by atoms with E-state index in [1.807, 2.05) is 60.7 Å². The van der Waals surface area contributed by atoms with Crippen molar-refractivity contribution in [3.63, 3.8) is 0 Å². The molecule has 2 aromatic rings. The lowest BCUT2D eigenvalue weighted by atomic mass is 10.1. The van der Waals surface area contributed by atoms with Gasteiger partial charge in [0.1, 0.15) is 0 Å². The van der Waals surface area contributed by atoms with Crippen molar-refractivity contribution in [1.82, 2.24) is 0 Å². The van der Waals surface area contributed by atoms with E-state index in [9.17, 15) is 0 Å². The molecule has 4 heteroatoms. The molecule has 0 aromatic heterocycles. The van der Waals surface area contributed by atoms with Crippen molar-refractivity contribution < 1.29 is 0 Å². The summed E-state index contributed by atoms with van der Waals surface area (Å²) < 4.78 is 1.60. The van der Waals surface area contributed by atoms with Crippen LogP contribution in [0.25, 0.3) is 11.1 Å². The lowest BCUT2D eigenvalue weighted by Gasteiger charge is -2.00. The second-order valence-electron chi connectivity index (χ2n) is 4.50. The molecule has 0 N–H and O–H groups in total. The topological polar surface area (TPSA) is 0 Å². The van der Waals surface area contributed by atoms with Gasteiger partial charge in [-0.2, -0.15) is 0 Å². The van der Waals surface area contributed by atoms with E-state index in [-0.39, 0.29) is 0 Å². The Labute approximate surface area is 175 Å². The fraction of sp³-hybridized carbons (Fsp3) is 0. The minimum absolute atomic E-state index is 0.802. The summed E-state index contributed by atoms with van der Waals surface area (Å²) in [5.41, 5.74) is 3.76. The van der Waals surface area contributed by atoms with Crippen molar-refractivity contribution >= 4 is 74.9 Å². The Morgan fingerprint density at radius 3 is 1.17 bits per heavy atom. The molecular weight excluding hydrogens is 560 g/mol. The van der Waals surface area contributed by atoms with E-state index in [4.69, 9.17) is 0 Å². The van der Waals surface area contributed by atoms with Crippen LogP contribution in [0, 0.1) is 23.7 Å². The molecule has 118 valence electrons. The van der Waals surface area contributed by atoms with Gasteiger partial charge in [0.15, 0.2) is 0 Å². The van der Waals surface area contributed by atoms with Gasteiger partial charge in [0.05, 0.1) is 17.9 Å². The summed E-state index contributed by atoms with van der Waals surface area (Å²) in [5, 5.41) is 0. The van der Waals surface area contributed by atoms with Crippen LogP contribution in [0.5, 0.6) is 0 Å². The zero-order valence-corrected chi connectivity index (χ0v) is 18.6. The van der Waals surface area contributed by atoms with Gasteiger partial charge < -0.3 is 0 Å². The number of hydrogen-bond donors (Lipinski definition) is 0. The number of hydrogen-bond acceptors (Lipinski definition) is 0. The van der Waals surface area contributed by atoms with Gasteiger partial charge in [-0.05, 0) is 86.7 Å². The highest BCUT2D eigenvalue weighted by Crippen LogP contribution is 2.27. The first-order chi connectivity index (χ1) is 11.6. The Bertz CT molecular complexity index is 801. The molecule has 0 spiro atoms. The molecule has 0 amide bonds. The molecule has 0 unspecified atom stereocenters. The summed E-state index contributed by atoms with van der Waals surface area (Å²) in [5.74, 6) is 12.0. The number of benzene rings is 2. The van der Waals surface area contributed by atoms with E-state index in [1.165, 1.54) is 0 Å². The first kappa shape index (κ1) is 19.3. The van der Waals surface area contributed by atoms with Crippen molar-refractivity contribution in [2.75, 3.05) is 0 Å². The van der Waals surface area contributed by atoms with Gasteiger partial charge in [-0.1, -0.05) is 72.5 Å². The molecule has 0 atom stereocenters. The van der Waals surface area contributed by atoms with E-state index < -0.39 is 0 Å². The van der Waals surface area contributed by atoms with Crippen molar-refractivity contribution in [1.29, 1.82) is 0 Å². The van der Waals surface area contributed by atoms with Crippen molar-refractivity contribution in [2.24, 2.45) is 0 Å². The zero-order chi connectivity index (χ0) is 17.4.